The highest BCUT2D eigenvalue weighted by Crippen LogP contribution is 2.12. The van der Waals surface area contributed by atoms with Crippen molar-refractivity contribution >= 4 is 0 Å². The number of aromatic amines is 1. The summed E-state index contributed by atoms with van der Waals surface area (Å²) in [7, 11) is 1.65. The number of aryl methyl sites for hydroxylation is 2. The van der Waals surface area contributed by atoms with E-state index in [9.17, 15) is 4.79 Å². The van der Waals surface area contributed by atoms with E-state index in [4.69, 9.17) is 4.74 Å². The third kappa shape index (κ3) is 3.17. The van der Waals surface area contributed by atoms with Crippen LogP contribution in [-0.2, 0) is 12.8 Å². The quantitative estimate of drug-likeness (QED) is 0.867. The second kappa shape index (κ2) is 5.30. The van der Waals surface area contributed by atoms with Gasteiger partial charge in [-0.1, -0.05) is 12.1 Å². The molecule has 0 saturated carbocycles. The molecule has 0 spiro atoms. The number of nitrogens with zero attached hydrogens (tertiary/aromatic N) is 1. The van der Waals surface area contributed by atoms with Gasteiger partial charge < -0.3 is 9.72 Å². The maximum atomic E-state index is 11.1. The summed E-state index contributed by atoms with van der Waals surface area (Å²) in [5.41, 5.74) is 1.90. The van der Waals surface area contributed by atoms with E-state index in [1.807, 2.05) is 24.3 Å². The predicted octanol–water partition coefficient (Wildman–Crippen LogP) is 1.56. The molecule has 88 valence electrons. The average Bonchev–Trinajstić information content (AvgIpc) is 2.37. The van der Waals surface area contributed by atoms with Gasteiger partial charge in [0, 0.05) is 11.8 Å². The molecule has 17 heavy (non-hydrogen) atoms. The Morgan fingerprint density at radius 2 is 2.00 bits per heavy atom. The van der Waals surface area contributed by atoms with Gasteiger partial charge in [-0.3, -0.25) is 4.79 Å². The number of hydrogen-bond donors (Lipinski definition) is 1. The van der Waals surface area contributed by atoms with Gasteiger partial charge in [-0.25, -0.2) is 4.98 Å². The topological polar surface area (TPSA) is 55.0 Å². The summed E-state index contributed by atoms with van der Waals surface area (Å²) < 4.78 is 5.09. The summed E-state index contributed by atoms with van der Waals surface area (Å²) in [6.07, 6.45) is 3.06. The summed E-state index contributed by atoms with van der Waals surface area (Å²) in [5, 5.41) is 0. The molecule has 0 aliphatic heterocycles. The van der Waals surface area contributed by atoms with E-state index in [1.54, 1.807) is 7.11 Å². The van der Waals surface area contributed by atoms with Gasteiger partial charge in [-0.15, -0.1) is 0 Å². The number of rotatable bonds is 4. The molecule has 2 rings (SSSR count). The first-order chi connectivity index (χ1) is 8.28. The molecule has 4 nitrogen and oxygen atoms in total. The molecular weight excluding hydrogens is 216 g/mol. The molecule has 0 amide bonds. The van der Waals surface area contributed by atoms with Crippen LogP contribution in [0.2, 0.25) is 0 Å². The van der Waals surface area contributed by atoms with Gasteiger partial charge >= 0.3 is 0 Å². The molecule has 0 fully saturated rings. The molecule has 1 aromatic heterocycles. The monoisotopic (exact) mass is 230 g/mol. The Morgan fingerprint density at radius 1 is 1.24 bits per heavy atom. The van der Waals surface area contributed by atoms with Crippen molar-refractivity contribution < 1.29 is 4.74 Å². The van der Waals surface area contributed by atoms with Crippen molar-refractivity contribution in [3.8, 4) is 5.75 Å². The second-order valence-electron chi connectivity index (χ2n) is 3.75. The number of benzene rings is 1. The Labute approximate surface area is 99.3 Å². The standard InChI is InChI=1S/C13H14N2O2/c1-17-12-6-3-10(4-7-12)2-5-11-8-13(16)15-9-14-11/h3-4,6-9H,2,5H2,1H3,(H,14,15,16). The van der Waals surface area contributed by atoms with Gasteiger partial charge in [0.2, 0.25) is 0 Å². The normalized spacial score (nSPS) is 10.2. The highest BCUT2D eigenvalue weighted by Gasteiger charge is 1.98. The third-order valence-corrected chi connectivity index (χ3v) is 2.56. The highest BCUT2D eigenvalue weighted by atomic mass is 16.5. The summed E-state index contributed by atoms with van der Waals surface area (Å²) in [6.45, 7) is 0. The van der Waals surface area contributed by atoms with E-state index >= 15 is 0 Å². The van der Waals surface area contributed by atoms with E-state index < -0.39 is 0 Å². The fraction of sp³-hybridized carbons (Fsp3) is 0.231. The maximum Gasteiger partial charge on any atom is 0.250 e. The lowest BCUT2D eigenvalue weighted by Gasteiger charge is -2.03. The number of ether oxygens (including phenoxy) is 1. The number of hydrogen-bond acceptors (Lipinski definition) is 3. The first-order valence-electron chi connectivity index (χ1n) is 5.44. The summed E-state index contributed by atoms with van der Waals surface area (Å²) in [5.74, 6) is 0.850. The lowest BCUT2D eigenvalue weighted by atomic mass is 10.1. The SMILES string of the molecule is COc1ccc(CCc2cc(=O)[nH]cn2)cc1. The van der Waals surface area contributed by atoms with E-state index in [0.29, 0.717) is 0 Å². The van der Waals surface area contributed by atoms with E-state index in [0.717, 1.165) is 24.3 Å². The van der Waals surface area contributed by atoms with Crippen molar-refractivity contribution in [2.45, 2.75) is 12.8 Å². The van der Waals surface area contributed by atoms with Gasteiger partial charge in [-0.05, 0) is 30.5 Å². The van der Waals surface area contributed by atoms with Gasteiger partial charge in [0.1, 0.15) is 5.75 Å². The van der Waals surface area contributed by atoms with E-state index in [1.165, 1.54) is 18.0 Å². The molecule has 0 aliphatic carbocycles. The van der Waals surface area contributed by atoms with Gasteiger partial charge in [0.25, 0.3) is 5.56 Å². The van der Waals surface area contributed by atoms with Crippen molar-refractivity contribution in [2.75, 3.05) is 7.11 Å². The van der Waals surface area contributed by atoms with E-state index in [-0.39, 0.29) is 5.56 Å². The lowest BCUT2D eigenvalue weighted by molar-refractivity contribution is 0.414. The third-order valence-electron chi connectivity index (χ3n) is 2.56. The molecule has 1 heterocycles. The molecule has 0 unspecified atom stereocenters. The Kier molecular flexibility index (Phi) is 3.55. The Morgan fingerprint density at radius 3 is 2.65 bits per heavy atom. The van der Waals surface area contributed by atoms with Crippen molar-refractivity contribution in [2.24, 2.45) is 0 Å². The number of methoxy groups -OCH3 is 1. The molecule has 2 aromatic rings. The van der Waals surface area contributed by atoms with Crippen LogP contribution in [0.3, 0.4) is 0 Å². The zero-order chi connectivity index (χ0) is 12.1. The van der Waals surface area contributed by atoms with Crippen LogP contribution >= 0.6 is 0 Å². The first-order valence-corrected chi connectivity index (χ1v) is 5.44. The van der Waals surface area contributed by atoms with Crippen molar-refractivity contribution in [1.82, 2.24) is 9.97 Å². The van der Waals surface area contributed by atoms with Crippen LogP contribution in [0.25, 0.3) is 0 Å². The Hall–Kier alpha value is -2.10. The Bertz CT molecular complexity index is 532. The average molecular weight is 230 g/mol. The minimum atomic E-state index is -0.107. The summed E-state index contributed by atoms with van der Waals surface area (Å²) in [4.78, 5) is 17.7. The van der Waals surface area contributed by atoms with Crippen LogP contribution in [0.1, 0.15) is 11.3 Å². The second-order valence-corrected chi connectivity index (χ2v) is 3.75. The predicted molar refractivity (Wildman–Crippen MR) is 65.3 cm³/mol. The first kappa shape index (κ1) is 11.4. The molecule has 0 radical (unpaired) electrons. The van der Waals surface area contributed by atoms with Gasteiger partial charge in [-0.2, -0.15) is 0 Å². The molecule has 1 aromatic carbocycles. The fourth-order valence-corrected chi connectivity index (χ4v) is 1.61. The number of H-pyrrole nitrogens is 1. The zero-order valence-corrected chi connectivity index (χ0v) is 9.64. The summed E-state index contributed by atoms with van der Waals surface area (Å²) in [6, 6.07) is 9.43. The smallest absolute Gasteiger partial charge is 0.250 e. The van der Waals surface area contributed by atoms with Crippen LogP contribution in [0.15, 0.2) is 41.5 Å². The molecule has 0 atom stereocenters. The maximum absolute atomic E-state index is 11.1. The highest BCUT2D eigenvalue weighted by molar-refractivity contribution is 5.27. The zero-order valence-electron chi connectivity index (χ0n) is 9.64. The fourth-order valence-electron chi connectivity index (χ4n) is 1.61. The molecule has 0 aliphatic rings. The van der Waals surface area contributed by atoms with E-state index in [2.05, 4.69) is 9.97 Å². The van der Waals surface area contributed by atoms with Crippen molar-refractivity contribution in [3.05, 3.63) is 58.3 Å². The van der Waals surface area contributed by atoms with Crippen LogP contribution in [-0.4, -0.2) is 17.1 Å². The number of aromatic nitrogens is 2. The van der Waals surface area contributed by atoms with Crippen molar-refractivity contribution in [1.29, 1.82) is 0 Å². The molecule has 0 saturated heterocycles. The number of nitrogens with one attached hydrogen (secondary N) is 1. The van der Waals surface area contributed by atoms with Crippen LogP contribution in [0.4, 0.5) is 0 Å². The molecule has 4 heteroatoms. The minimum Gasteiger partial charge on any atom is -0.497 e. The van der Waals surface area contributed by atoms with Crippen LogP contribution in [0.5, 0.6) is 5.75 Å². The molecule has 1 N–H and O–H groups in total. The van der Waals surface area contributed by atoms with Crippen LogP contribution in [0, 0.1) is 0 Å². The van der Waals surface area contributed by atoms with Gasteiger partial charge in [0.05, 0.1) is 13.4 Å². The minimum absolute atomic E-state index is 0.107. The van der Waals surface area contributed by atoms with Crippen LogP contribution < -0.4 is 10.3 Å². The van der Waals surface area contributed by atoms with Gasteiger partial charge in [0.15, 0.2) is 0 Å². The lowest BCUT2D eigenvalue weighted by Crippen LogP contribution is -2.07. The Balaban J connectivity index is 1.99. The largest absolute Gasteiger partial charge is 0.497 e. The van der Waals surface area contributed by atoms with Crippen molar-refractivity contribution in [3.63, 3.8) is 0 Å². The summed E-state index contributed by atoms with van der Waals surface area (Å²) >= 11 is 0. The molecule has 0 bridgehead atoms. The molecular formula is C13H14N2O2.